The summed E-state index contributed by atoms with van der Waals surface area (Å²) in [7, 11) is 0. The fourth-order valence-electron chi connectivity index (χ4n) is 1.76. The number of carbonyl (C=O) groups excluding carboxylic acids is 1. The zero-order valence-corrected chi connectivity index (χ0v) is 11.4. The van der Waals surface area contributed by atoms with Crippen molar-refractivity contribution >= 4 is 5.91 Å². The minimum Gasteiger partial charge on any atom is -0.346 e. The molecular formula is C13H15F2N5O. The molecule has 0 saturated heterocycles. The minimum absolute atomic E-state index is 0.326. The smallest absolute Gasteiger partial charge is 0.277 e. The number of hydrogen-bond acceptors (Lipinski definition) is 4. The van der Waals surface area contributed by atoms with Crippen LogP contribution in [-0.2, 0) is 0 Å². The molecule has 0 aliphatic carbocycles. The van der Waals surface area contributed by atoms with Crippen molar-refractivity contribution < 1.29 is 13.6 Å². The van der Waals surface area contributed by atoms with Gasteiger partial charge in [0.1, 0.15) is 12.7 Å². The SMILES string of the molecule is Cc1cc(-n2cncn2)ccc1C(=O)NCC(F)(F)CN. The standard InChI is InChI=1S/C13H15F2N5O/c1-9-4-10(20-8-17-7-19-20)2-3-11(9)12(21)18-6-13(14,15)5-16/h2-4,7-8H,5-6,16H2,1H3,(H,18,21). The van der Waals surface area contributed by atoms with Gasteiger partial charge in [-0.3, -0.25) is 4.79 Å². The molecule has 0 aliphatic rings. The van der Waals surface area contributed by atoms with Crippen LogP contribution in [0.4, 0.5) is 8.78 Å². The van der Waals surface area contributed by atoms with Crippen molar-refractivity contribution in [1.82, 2.24) is 20.1 Å². The number of nitrogens with one attached hydrogen (secondary N) is 1. The molecule has 0 unspecified atom stereocenters. The summed E-state index contributed by atoms with van der Waals surface area (Å²) < 4.78 is 27.6. The second-order valence-electron chi connectivity index (χ2n) is 4.58. The van der Waals surface area contributed by atoms with Gasteiger partial charge < -0.3 is 11.1 Å². The van der Waals surface area contributed by atoms with E-state index in [4.69, 9.17) is 5.73 Å². The Bertz CT molecular complexity index is 627. The molecule has 21 heavy (non-hydrogen) atoms. The summed E-state index contributed by atoms with van der Waals surface area (Å²) in [6, 6.07) is 4.95. The topological polar surface area (TPSA) is 85.8 Å². The molecule has 0 fully saturated rings. The lowest BCUT2D eigenvalue weighted by atomic mass is 10.1. The number of aryl methyl sites for hydroxylation is 1. The second kappa shape index (κ2) is 5.96. The van der Waals surface area contributed by atoms with Crippen LogP contribution in [0.25, 0.3) is 5.69 Å². The average molecular weight is 295 g/mol. The first-order valence-electron chi connectivity index (χ1n) is 6.25. The molecule has 2 rings (SSSR count). The lowest BCUT2D eigenvalue weighted by molar-refractivity contribution is 0.0118. The number of carbonyl (C=O) groups is 1. The van der Waals surface area contributed by atoms with Gasteiger partial charge in [-0.2, -0.15) is 5.10 Å². The monoisotopic (exact) mass is 295 g/mol. The Hall–Kier alpha value is -2.35. The third-order valence-corrected chi connectivity index (χ3v) is 2.94. The first-order chi connectivity index (χ1) is 9.93. The first-order valence-corrected chi connectivity index (χ1v) is 6.25. The third kappa shape index (κ3) is 3.60. The molecule has 1 amide bonds. The number of rotatable bonds is 5. The van der Waals surface area contributed by atoms with Gasteiger partial charge in [-0.1, -0.05) is 0 Å². The highest BCUT2D eigenvalue weighted by Crippen LogP contribution is 2.15. The molecule has 0 radical (unpaired) electrons. The minimum atomic E-state index is -3.11. The van der Waals surface area contributed by atoms with Crippen molar-refractivity contribution in [3.05, 3.63) is 42.0 Å². The zero-order valence-electron chi connectivity index (χ0n) is 11.4. The van der Waals surface area contributed by atoms with E-state index < -0.39 is 24.9 Å². The molecule has 8 heteroatoms. The van der Waals surface area contributed by atoms with Gasteiger partial charge >= 0.3 is 0 Å². The molecule has 6 nitrogen and oxygen atoms in total. The summed E-state index contributed by atoms with van der Waals surface area (Å²) in [6.07, 6.45) is 2.92. The quantitative estimate of drug-likeness (QED) is 0.858. The van der Waals surface area contributed by atoms with E-state index in [0.29, 0.717) is 11.1 Å². The van der Waals surface area contributed by atoms with Gasteiger partial charge in [0.25, 0.3) is 11.8 Å². The molecule has 1 aromatic heterocycles. The van der Waals surface area contributed by atoms with Gasteiger partial charge in [0.2, 0.25) is 0 Å². The van der Waals surface area contributed by atoms with Gasteiger partial charge in [0.15, 0.2) is 0 Å². The Labute approximate surface area is 120 Å². The van der Waals surface area contributed by atoms with E-state index in [1.165, 1.54) is 17.3 Å². The van der Waals surface area contributed by atoms with Gasteiger partial charge in [0, 0.05) is 5.56 Å². The average Bonchev–Trinajstić information content (AvgIpc) is 2.99. The van der Waals surface area contributed by atoms with Crippen molar-refractivity contribution in [3.63, 3.8) is 0 Å². The van der Waals surface area contributed by atoms with Gasteiger partial charge in [-0.05, 0) is 30.7 Å². The predicted molar refractivity (Wildman–Crippen MR) is 72.4 cm³/mol. The highest BCUT2D eigenvalue weighted by atomic mass is 19.3. The number of hydrogen-bond donors (Lipinski definition) is 2. The summed E-state index contributed by atoms with van der Waals surface area (Å²) in [5, 5.41) is 6.16. The molecule has 2 aromatic rings. The van der Waals surface area contributed by atoms with Crippen LogP contribution in [0, 0.1) is 6.92 Å². The van der Waals surface area contributed by atoms with Gasteiger partial charge in [-0.15, -0.1) is 0 Å². The van der Waals surface area contributed by atoms with E-state index in [-0.39, 0.29) is 0 Å². The summed E-state index contributed by atoms with van der Waals surface area (Å²) in [5.41, 5.74) is 6.62. The van der Waals surface area contributed by atoms with Crippen LogP contribution in [0.2, 0.25) is 0 Å². The van der Waals surface area contributed by atoms with Crippen LogP contribution in [0.15, 0.2) is 30.9 Å². The fourth-order valence-corrected chi connectivity index (χ4v) is 1.76. The highest BCUT2D eigenvalue weighted by molar-refractivity contribution is 5.95. The molecule has 1 aromatic carbocycles. The van der Waals surface area contributed by atoms with E-state index in [1.807, 2.05) is 0 Å². The van der Waals surface area contributed by atoms with Crippen molar-refractivity contribution in [1.29, 1.82) is 0 Å². The maximum absolute atomic E-state index is 13.0. The Balaban J connectivity index is 2.12. The van der Waals surface area contributed by atoms with Crippen LogP contribution in [0.5, 0.6) is 0 Å². The molecule has 112 valence electrons. The Kier molecular flexibility index (Phi) is 4.27. The van der Waals surface area contributed by atoms with E-state index >= 15 is 0 Å². The Morgan fingerprint density at radius 1 is 1.48 bits per heavy atom. The van der Waals surface area contributed by atoms with Crippen LogP contribution < -0.4 is 11.1 Å². The number of alkyl halides is 2. The zero-order chi connectivity index (χ0) is 15.5. The molecule has 0 saturated carbocycles. The first kappa shape index (κ1) is 15.0. The second-order valence-corrected chi connectivity index (χ2v) is 4.58. The normalized spacial score (nSPS) is 11.4. The van der Waals surface area contributed by atoms with Crippen LogP contribution in [0.3, 0.4) is 0 Å². The number of halogens is 2. The molecule has 0 aliphatic heterocycles. The van der Waals surface area contributed by atoms with Crippen LogP contribution in [0.1, 0.15) is 15.9 Å². The van der Waals surface area contributed by atoms with Crippen molar-refractivity contribution in [2.24, 2.45) is 5.73 Å². The summed E-state index contributed by atoms with van der Waals surface area (Å²) in [6.45, 7) is 0.126. The molecule has 0 atom stereocenters. The molecule has 1 heterocycles. The van der Waals surface area contributed by atoms with Gasteiger partial charge in [0.05, 0.1) is 18.8 Å². The van der Waals surface area contributed by atoms with Gasteiger partial charge in [-0.25, -0.2) is 18.4 Å². The van der Waals surface area contributed by atoms with E-state index in [9.17, 15) is 13.6 Å². The Morgan fingerprint density at radius 2 is 2.24 bits per heavy atom. The maximum atomic E-state index is 13.0. The lowest BCUT2D eigenvalue weighted by Crippen LogP contribution is -2.41. The van der Waals surface area contributed by atoms with Crippen molar-refractivity contribution in [2.75, 3.05) is 13.1 Å². The van der Waals surface area contributed by atoms with Crippen LogP contribution in [-0.4, -0.2) is 39.7 Å². The maximum Gasteiger partial charge on any atom is 0.277 e. The summed E-state index contributed by atoms with van der Waals surface area (Å²) in [4.78, 5) is 15.7. The molecule has 0 bridgehead atoms. The molecular weight excluding hydrogens is 280 g/mol. The fraction of sp³-hybridized carbons (Fsp3) is 0.308. The van der Waals surface area contributed by atoms with E-state index in [2.05, 4.69) is 15.4 Å². The number of nitrogens with two attached hydrogens (primary N) is 1. The number of nitrogens with zero attached hydrogens (tertiary/aromatic N) is 3. The number of amides is 1. The van der Waals surface area contributed by atoms with Crippen molar-refractivity contribution in [3.8, 4) is 5.69 Å². The lowest BCUT2D eigenvalue weighted by Gasteiger charge is -2.15. The van der Waals surface area contributed by atoms with Crippen LogP contribution >= 0.6 is 0 Å². The van der Waals surface area contributed by atoms with E-state index in [1.54, 1.807) is 25.1 Å². The van der Waals surface area contributed by atoms with E-state index in [0.717, 1.165) is 5.69 Å². The van der Waals surface area contributed by atoms with Crippen molar-refractivity contribution in [2.45, 2.75) is 12.8 Å². The summed E-state index contributed by atoms with van der Waals surface area (Å²) in [5.74, 6) is -3.67. The predicted octanol–water partition coefficient (Wildman–Crippen LogP) is 0.900. The molecule has 3 N–H and O–H groups in total. The molecule has 0 spiro atoms. The third-order valence-electron chi connectivity index (χ3n) is 2.94. The number of aromatic nitrogens is 3. The highest BCUT2D eigenvalue weighted by Gasteiger charge is 2.27. The Morgan fingerprint density at radius 3 is 2.81 bits per heavy atom. The number of benzene rings is 1. The summed E-state index contributed by atoms with van der Waals surface area (Å²) >= 11 is 0. The largest absolute Gasteiger partial charge is 0.346 e.